The second-order valence-electron chi connectivity index (χ2n) is 5.78. The third-order valence-electron chi connectivity index (χ3n) is 3.62. The van der Waals surface area contributed by atoms with Crippen LogP contribution in [0.25, 0.3) is 10.9 Å². The van der Waals surface area contributed by atoms with E-state index in [4.69, 9.17) is 5.11 Å². The predicted molar refractivity (Wildman–Crippen MR) is 92.7 cm³/mol. The van der Waals surface area contributed by atoms with Crippen LogP contribution in [0.4, 0.5) is 0 Å². The second kappa shape index (κ2) is 7.57. The number of hydrogen-bond donors (Lipinski definition) is 2. The summed E-state index contributed by atoms with van der Waals surface area (Å²) in [4.78, 5) is 39.6. The average Bonchev–Trinajstić information content (AvgIpc) is 2.52. The third-order valence-corrected chi connectivity index (χ3v) is 4.11. The smallest absolute Gasteiger partial charge is 0.326 e. The number of aromatic nitrogens is 2. The molecule has 1 atom stereocenters. The number of nitrogens with zero attached hydrogens (tertiary/aromatic N) is 2. The molecule has 0 aliphatic carbocycles. The molecule has 1 aromatic carbocycles. The Kier molecular flexibility index (Phi) is 5.71. The maximum Gasteiger partial charge on any atom is 0.326 e. The van der Waals surface area contributed by atoms with Gasteiger partial charge < -0.3 is 10.4 Å². The van der Waals surface area contributed by atoms with Crippen LogP contribution in [0.15, 0.2) is 33.8 Å². The second-order valence-corrected chi connectivity index (χ2v) is 6.70. The topological polar surface area (TPSA) is 101 Å². The Morgan fingerprint density at radius 2 is 2.08 bits per heavy atom. The van der Waals surface area contributed by atoms with Gasteiger partial charge in [0.1, 0.15) is 6.04 Å². The van der Waals surface area contributed by atoms with Gasteiger partial charge in [-0.3, -0.25) is 14.2 Å². The van der Waals surface area contributed by atoms with Crippen LogP contribution in [0, 0.1) is 5.92 Å². The van der Waals surface area contributed by atoms with Gasteiger partial charge in [-0.2, -0.15) is 0 Å². The highest BCUT2D eigenvalue weighted by Crippen LogP contribution is 2.14. The van der Waals surface area contributed by atoms with E-state index >= 15 is 0 Å². The summed E-state index contributed by atoms with van der Waals surface area (Å²) in [6.45, 7) is 3.56. The monoisotopic (exact) mass is 395 g/mol. The summed E-state index contributed by atoms with van der Waals surface area (Å²) in [7, 11) is 0. The van der Waals surface area contributed by atoms with Gasteiger partial charge in [0.15, 0.2) is 0 Å². The number of carboxylic acid groups (broad SMARTS) is 1. The quantitative estimate of drug-likeness (QED) is 0.775. The number of aryl methyl sites for hydroxylation is 1. The highest BCUT2D eigenvalue weighted by atomic mass is 79.9. The molecule has 0 radical (unpaired) electrons. The molecular weight excluding hydrogens is 378 g/mol. The fourth-order valence-corrected chi connectivity index (χ4v) is 2.63. The number of halogens is 1. The van der Waals surface area contributed by atoms with E-state index < -0.39 is 17.9 Å². The first-order valence-electron chi connectivity index (χ1n) is 7.46. The van der Waals surface area contributed by atoms with Gasteiger partial charge in [0, 0.05) is 17.4 Å². The van der Waals surface area contributed by atoms with Gasteiger partial charge in [-0.25, -0.2) is 9.78 Å². The number of carbonyl (C=O) groups is 2. The van der Waals surface area contributed by atoms with Crippen LogP contribution in [-0.2, 0) is 16.1 Å². The van der Waals surface area contributed by atoms with E-state index in [0.29, 0.717) is 10.9 Å². The molecule has 8 heteroatoms. The number of hydrogen-bond acceptors (Lipinski definition) is 4. The van der Waals surface area contributed by atoms with Crippen LogP contribution in [0.2, 0.25) is 0 Å². The number of carboxylic acids is 1. The van der Waals surface area contributed by atoms with Crippen LogP contribution in [-0.4, -0.2) is 32.6 Å². The first-order valence-corrected chi connectivity index (χ1v) is 8.25. The van der Waals surface area contributed by atoms with E-state index in [0.717, 1.165) is 4.47 Å². The molecule has 24 heavy (non-hydrogen) atoms. The maximum absolute atomic E-state index is 12.4. The predicted octanol–water partition coefficient (Wildman–Crippen LogP) is 1.77. The van der Waals surface area contributed by atoms with Gasteiger partial charge in [-0.05, 0) is 24.1 Å². The lowest BCUT2D eigenvalue weighted by molar-refractivity contribution is -0.143. The summed E-state index contributed by atoms with van der Waals surface area (Å²) in [5, 5.41) is 12.0. The van der Waals surface area contributed by atoms with E-state index in [9.17, 15) is 14.4 Å². The number of rotatable bonds is 6. The van der Waals surface area contributed by atoms with Gasteiger partial charge >= 0.3 is 5.97 Å². The molecule has 0 aliphatic heterocycles. The molecule has 0 unspecified atom stereocenters. The number of nitrogens with one attached hydrogen (secondary N) is 1. The van der Waals surface area contributed by atoms with Crippen molar-refractivity contribution >= 4 is 38.7 Å². The van der Waals surface area contributed by atoms with Crippen LogP contribution in [0.3, 0.4) is 0 Å². The number of fused-ring (bicyclic) bond motifs is 1. The molecule has 0 bridgehead atoms. The molecule has 0 spiro atoms. The van der Waals surface area contributed by atoms with Crippen molar-refractivity contribution in [2.24, 2.45) is 5.92 Å². The third kappa shape index (κ3) is 4.19. The van der Waals surface area contributed by atoms with Gasteiger partial charge in [-0.1, -0.05) is 29.8 Å². The van der Waals surface area contributed by atoms with E-state index in [-0.39, 0.29) is 24.4 Å². The summed E-state index contributed by atoms with van der Waals surface area (Å²) in [6, 6.07) is 4.27. The molecule has 0 saturated carbocycles. The average molecular weight is 396 g/mol. The number of carbonyl (C=O) groups excluding carboxylic acids is 1. The molecule has 2 rings (SSSR count). The number of amides is 1. The van der Waals surface area contributed by atoms with E-state index in [1.807, 2.05) is 0 Å². The van der Waals surface area contributed by atoms with E-state index in [1.165, 1.54) is 10.9 Å². The lowest BCUT2D eigenvalue weighted by atomic mass is 10.0. The van der Waals surface area contributed by atoms with Crippen LogP contribution < -0.4 is 10.9 Å². The van der Waals surface area contributed by atoms with Crippen LogP contribution in [0.5, 0.6) is 0 Å². The molecule has 128 valence electrons. The molecule has 0 saturated heterocycles. The van der Waals surface area contributed by atoms with Gasteiger partial charge in [0.05, 0.1) is 17.2 Å². The minimum Gasteiger partial charge on any atom is -0.480 e. The summed E-state index contributed by atoms with van der Waals surface area (Å²) < 4.78 is 2.12. The lowest BCUT2D eigenvalue weighted by Gasteiger charge is -2.18. The van der Waals surface area contributed by atoms with Crippen molar-refractivity contribution < 1.29 is 14.7 Å². The van der Waals surface area contributed by atoms with Gasteiger partial charge in [0.2, 0.25) is 5.91 Å². The van der Waals surface area contributed by atoms with Crippen molar-refractivity contribution in [1.82, 2.24) is 14.9 Å². The van der Waals surface area contributed by atoms with Crippen molar-refractivity contribution in [2.45, 2.75) is 32.9 Å². The van der Waals surface area contributed by atoms with Crippen molar-refractivity contribution in [2.75, 3.05) is 0 Å². The molecule has 0 fully saturated rings. The fraction of sp³-hybridized carbons (Fsp3) is 0.375. The molecule has 0 aliphatic rings. The molecule has 2 aromatic rings. The Morgan fingerprint density at radius 1 is 1.38 bits per heavy atom. The number of benzene rings is 1. The zero-order valence-corrected chi connectivity index (χ0v) is 14.9. The zero-order chi connectivity index (χ0) is 17.9. The van der Waals surface area contributed by atoms with Crippen molar-refractivity contribution in [1.29, 1.82) is 0 Å². The Hall–Kier alpha value is -2.22. The largest absolute Gasteiger partial charge is 0.480 e. The van der Waals surface area contributed by atoms with E-state index in [2.05, 4.69) is 26.2 Å². The summed E-state index contributed by atoms with van der Waals surface area (Å²) >= 11 is 3.31. The Labute approximate surface area is 146 Å². The standard InChI is InChI=1S/C16H18BrN3O4/c1-9(2)14(16(23)24)19-13(21)5-6-20-8-18-12-4-3-10(17)7-11(12)15(20)22/h3-4,7-9,14H,5-6H2,1-2H3,(H,19,21)(H,23,24)/t14-/m1/s1. The van der Waals surface area contributed by atoms with Crippen molar-refractivity contribution in [3.63, 3.8) is 0 Å². The Bertz CT molecular complexity index is 832. The molecule has 1 heterocycles. The maximum atomic E-state index is 12.4. The molecule has 1 amide bonds. The molecule has 1 aromatic heterocycles. The summed E-state index contributed by atoms with van der Waals surface area (Å²) in [6.07, 6.45) is 1.39. The van der Waals surface area contributed by atoms with Crippen LogP contribution >= 0.6 is 15.9 Å². The van der Waals surface area contributed by atoms with Crippen molar-refractivity contribution in [3.8, 4) is 0 Å². The Balaban J connectivity index is 2.10. The fourth-order valence-electron chi connectivity index (χ4n) is 2.27. The molecule has 2 N–H and O–H groups in total. The number of aliphatic carboxylic acids is 1. The lowest BCUT2D eigenvalue weighted by Crippen LogP contribution is -2.44. The molecule has 7 nitrogen and oxygen atoms in total. The van der Waals surface area contributed by atoms with Crippen molar-refractivity contribution in [3.05, 3.63) is 39.4 Å². The first kappa shape index (κ1) is 18.1. The minimum absolute atomic E-state index is 0.00238. The highest BCUT2D eigenvalue weighted by molar-refractivity contribution is 9.10. The first-order chi connectivity index (χ1) is 11.3. The van der Waals surface area contributed by atoms with E-state index in [1.54, 1.807) is 32.0 Å². The molecular formula is C16H18BrN3O4. The highest BCUT2D eigenvalue weighted by Gasteiger charge is 2.23. The zero-order valence-electron chi connectivity index (χ0n) is 13.3. The summed E-state index contributed by atoms with van der Waals surface area (Å²) in [5.41, 5.74) is 0.336. The van der Waals surface area contributed by atoms with Crippen LogP contribution in [0.1, 0.15) is 20.3 Å². The van der Waals surface area contributed by atoms with Gasteiger partial charge in [0.25, 0.3) is 5.56 Å². The minimum atomic E-state index is -1.08. The summed E-state index contributed by atoms with van der Waals surface area (Å²) in [5.74, 6) is -1.72. The Morgan fingerprint density at radius 3 is 2.71 bits per heavy atom. The van der Waals surface area contributed by atoms with Gasteiger partial charge in [-0.15, -0.1) is 0 Å². The SMILES string of the molecule is CC(C)[C@@H](NC(=O)CCn1cnc2ccc(Br)cc2c1=O)C(=O)O. The normalized spacial score (nSPS) is 12.3.